The van der Waals surface area contributed by atoms with Gasteiger partial charge in [-0.15, -0.1) is 0 Å². The summed E-state index contributed by atoms with van der Waals surface area (Å²) in [6, 6.07) is 5.26. The van der Waals surface area contributed by atoms with E-state index >= 15 is 0 Å². The predicted octanol–water partition coefficient (Wildman–Crippen LogP) is 2.74. The molecule has 6 nitrogen and oxygen atoms in total. The van der Waals surface area contributed by atoms with Crippen molar-refractivity contribution in [2.45, 2.75) is 39.0 Å². The maximum atomic E-state index is 11.8. The molecule has 0 atom stereocenters. The van der Waals surface area contributed by atoms with E-state index in [0.29, 0.717) is 23.6 Å². The van der Waals surface area contributed by atoms with Gasteiger partial charge in [-0.1, -0.05) is 17.7 Å². The molecular formula is C16H21ClN2O4. The summed E-state index contributed by atoms with van der Waals surface area (Å²) in [6.07, 6.45) is 1.48. The molecule has 0 radical (unpaired) electrons. The van der Waals surface area contributed by atoms with Gasteiger partial charge in [-0.2, -0.15) is 0 Å². The lowest BCUT2D eigenvalue weighted by Gasteiger charge is -2.10. The minimum absolute atomic E-state index is 0.0642. The SMILES string of the molecule is Cc1c(Cl)cccc1NC(=O)CCNC(=O)CCCCC(=O)O. The Morgan fingerprint density at radius 2 is 1.78 bits per heavy atom. The molecular weight excluding hydrogens is 320 g/mol. The van der Waals surface area contributed by atoms with E-state index in [1.807, 2.05) is 6.92 Å². The first kappa shape index (κ1) is 19.0. The van der Waals surface area contributed by atoms with Gasteiger partial charge in [0.1, 0.15) is 0 Å². The van der Waals surface area contributed by atoms with Crippen LogP contribution in [-0.2, 0) is 14.4 Å². The van der Waals surface area contributed by atoms with Crippen LogP contribution < -0.4 is 10.6 Å². The number of carbonyl (C=O) groups is 3. The van der Waals surface area contributed by atoms with Gasteiger partial charge in [-0.3, -0.25) is 14.4 Å². The van der Waals surface area contributed by atoms with E-state index in [-0.39, 0.29) is 37.6 Å². The van der Waals surface area contributed by atoms with Crippen LogP contribution in [0.3, 0.4) is 0 Å². The van der Waals surface area contributed by atoms with Gasteiger partial charge < -0.3 is 15.7 Å². The van der Waals surface area contributed by atoms with Gasteiger partial charge in [0, 0.05) is 36.5 Å². The summed E-state index contributed by atoms with van der Waals surface area (Å²) in [7, 11) is 0. The third-order valence-corrected chi connectivity index (χ3v) is 3.67. The third-order valence-electron chi connectivity index (χ3n) is 3.26. The molecule has 0 bridgehead atoms. The van der Waals surface area contributed by atoms with Crippen molar-refractivity contribution in [3.05, 3.63) is 28.8 Å². The zero-order valence-electron chi connectivity index (χ0n) is 13.0. The van der Waals surface area contributed by atoms with Crippen molar-refractivity contribution in [2.75, 3.05) is 11.9 Å². The third kappa shape index (κ3) is 7.65. The highest BCUT2D eigenvalue weighted by Gasteiger charge is 2.08. The topological polar surface area (TPSA) is 95.5 Å². The standard InChI is InChI=1S/C16H21ClN2O4/c1-11-12(17)5-4-6-13(11)19-15(21)9-10-18-14(20)7-2-3-8-16(22)23/h4-6H,2-3,7-10H2,1H3,(H,18,20)(H,19,21)(H,22,23). The fourth-order valence-electron chi connectivity index (χ4n) is 1.92. The Labute approximate surface area is 140 Å². The van der Waals surface area contributed by atoms with Crippen molar-refractivity contribution in [1.82, 2.24) is 5.32 Å². The van der Waals surface area contributed by atoms with Crippen molar-refractivity contribution in [1.29, 1.82) is 0 Å². The molecule has 1 rings (SSSR count). The molecule has 126 valence electrons. The number of halogens is 1. The highest BCUT2D eigenvalue weighted by Crippen LogP contribution is 2.22. The number of carboxylic acid groups (broad SMARTS) is 1. The van der Waals surface area contributed by atoms with Crippen LogP contribution >= 0.6 is 11.6 Å². The van der Waals surface area contributed by atoms with E-state index in [1.54, 1.807) is 18.2 Å². The Balaban J connectivity index is 2.22. The first-order valence-corrected chi connectivity index (χ1v) is 7.81. The predicted molar refractivity (Wildman–Crippen MR) is 88.5 cm³/mol. The number of benzene rings is 1. The number of carbonyl (C=O) groups excluding carboxylic acids is 2. The Hall–Kier alpha value is -2.08. The minimum Gasteiger partial charge on any atom is -0.481 e. The first-order chi connectivity index (χ1) is 10.9. The summed E-state index contributed by atoms with van der Waals surface area (Å²) >= 11 is 5.98. The molecule has 0 heterocycles. The molecule has 0 saturated heterocycles. The molecule has 0 unspecified atom stereocenters. The van der Waals surface area contributed by atoms with Gasteiger partial charge in [0.2, 0.25) is 11.8 Å². The number of carboxylic acids is 1. The maximum Gasteiger partial charge on any atom is 0.303 e. The highest BCUT2D eigenvalue weighted by atomic mass is 35.5. The molecule has 0 aliphatic heterocycles. The fraction of sp³-hybridized carbons (Fsp3) is 0.438. The highest BCUT2D eigenvalue weighted by molar-refractivity contribution is 6.31. The summed E-state index contributed by atoms with van der Waals surface area (Å²) < 4.78 is 0. The number of nitrogens with one attached hydrogen (secondary N) is 2. The van der Waals surface area contributed by atoms with Crippen molar-refractivity contribution in [2.24, 2.45) is 0 Å². The number of hydrogen-bond donors (Lipinski definition) is 3. The molecule has 2 amide bonds. The van der Waals surface area contributed by atoms with Gasteiger partial charge >= 0.3 is 5.97 Å². The second-order valence-corrected chi connectivity index (χ2v) is 5.57. The van der Waals surface area contributed by atoms with Crippen molar-refractivity contribution >= 4 is 35.1 Å². The second-order valence-electron chi connectivity index (χ2n) is 5.16. The van der Waals surface area contributed by atoms with Gasteiger partial charge in [-0.05, 0) is 37.5 Å². The smallest absolute Gasteiger partial charge is 0.303 e. The van der Waals surface area contributed by atoms with E-state index in [0.717, 1.165) is 5.56 Å². The van der Waals surface area contributed by atoms with Crippen LogP contribution in [-0.4, -0.2) is 29.4 Å². The van der Waals surface area contributed by atoms with Crippen molar-refractivity contribution in [3.8, 4) is 0 Å². The Kier molecular flexibility index (Phi) is 8.11. The quantitative estimate of drug-likeness (QED) is 0.602. The van der Waals surface area contributed by atoms with Crippen LogP contribution in [0.25, 0.3) is 0 Å². The lowest BCUT2D eigenvalue weighted by Crippen LogP contribution is -2.27. The zero-order valence-corrected chi connectivity index (χ0v) is 13.8. The molecule has 0 saturated carbocycles. The van der Waals surface area contributed by atoms with Crippen LogP contribution in [0.5, 0.6) is 0 Å². The summed E-state index contributed by atoms with van der Waals surface area (Å²) in [6.45, 7) is 2.06. The molecule has 3 N–H and O–H groups in total. The average molecular weight is 341 g/mol. The van der Waals surface area contributed by atoms with Crippen molar-refractivity contribution < 1.29 is 19.5 Å². The number of aliphatic carboxylic acids is 1. The van der Waals surface area contributed by atoms with Crippen LogP contribution in [0.15, 0.2) is 18.2 Å². The molecule has 23 heavy (non-hydrogen) atoms. The summed E-state index contributed by atoms with van der Waals surface area (Å²) in [5.74, 6) is -1.25. The van der Waals surface area contributed by atoms with Crippen LogP contribution in [0.1, 0.15) is 37.7 Å². The molecule has 7 heteroatoms. The van der Waals surface area contributed by atoms with E-state index in [9.17, 15) is 14.4 Å². The van der Waals surface area contributed by atoms with Crippen LogP contribution in [0.2, 0.25) is 5.02 Å². The summed E-state index contributed by atoms with van der Waals surface area (Å²) in [5, 5.41) is 14.5. The maximum absolute atomic E-state index is 11.8. The summed E-state index contributed by atoms with van der Waals surface area (Å²) in [5.41, 5.74) is 1.45. The second kappa shape index (κ2) is 9.84. The van der Waals surface area contributed by atoms with Crippen molar-refractivity contribution in [3.63, 3.8) is 0 Å². The van der Waals surface area contributed by atoms with E-state index in [1.165, 1.54) is 0 Å². The molecule has 0 fully saturated rings. The molecule has 1 aromatic rings. The molecule has 0 aliphatic rings. The minimum atomic E-state index is -0.863. The molecule has 0 aromatic heterocycles. The molecule has 1 aromatic carbocycles. The Morgan fingerprint density at radius 3 is 2.48 bits per heavy atom. The van der Waals surface area contributed by atoms with Gasteiger partial charge in [0.25, 0.3) is 0 Å². The van der Waals surface area contributed by atoms with Gasteiger partial charge in [0.15, 0.2) is 0 Å². The number of unbranched alkanes of at least 4 members (excludes halogenated alkanes) is 1. The van der Waals surface area contributed by atoms with E-state index in [2.05, 4.69) is 10.6 Å². The number of rotatable bonds is 9. The summed E-state index contributed by atoms with van der Waals surface area (Å²) in [4.78, 5) is 33.7. The van der Waals surface area contributed by atoms with E-state index < -0.39 is 5.97 Å². The van der Waals surface area contributed by atoms with Crippen LogP contribution in [0, 0.1) is 6.92 Å². The largest absolute Gasteiger partial charge is 0.481 e. The first-order valence-electron chi connectivity index (χ1n) is 7.43. The lowest BCUT2D eigenvalue weighted by molar-refractivity contribution is -0.137. The van der Waals surface area contributed by atoms with Crippen LogP contribution in [0.4, 0.5) is 5.69 Å². The number of amides is 2. The zero-order chi connectivity index (χ0) is 17.2. The molecule has 0 spiro atoms. The van der Waals surface area contributed by atoms with E-state index in [4.69, 9.17) is 16.7 Å². The lowest BCUT2D eigenvalue weighted by atomic mass is 10.2. The van der Waals surface area contributed by atoms with Gasteiger partial charge in [-0.25, -0.2) is 0 Å². The average Bonchev–Trinajstić information content (AvgIpc) is 2.48. The monoisotopic (exact) mass is 340 g/mol. The number of anilines is 1. The number of hydrogen-bond acceptors (Lipinski definition) is 3. The Morgan fingerprint density at radius 1 is 1.09 bits per heavy atom. The van der Waals surface area contributed by atoms with Gasteiger partial charge in [0.05, 0.1) is 0 Å². The normalized spacial score (nSPS) is 10.2. The molecule has 0 aliphatic carbocycles. The fourth-order valence-corrected chi connectivity index (χ4v) is 2.10. The Bertz CT molecular complexity index is 575.